The van der Waals surface area contributed by atoms with E-state index in [2.05, 4.69) is 233 Å². The molecule has 0 saturated carbocycles. The second-order valence-electron chi connectivity index (χ2n) is 37.7. The van der Waals surface area contributed by atoms with Crippen molar-refractivity contribution in [2.45, 2.75) is 320 Å². The van der Waals surface area contributed by atoms with Crippen LogP contribution in [0.3, 0.4) is 0 Å². The fourth-order valence-corrected chi connectivity index (χ4v) is 13.6. The zero-order valence-corrected chi connectivity index (χ0v) is 65.9. The number of aryl methyl sites for hydroxylation is 7. The molecule has 0 unspecified atom stereocenters. The summed E-state index contributed by atoms with van der Waals surface area (Å²) in [5.41, 5.74) is 13.1. The van der Waals surface area contributed by atoms with Gasteiger partial charge in [0.15, 0.2) is 0 Å². The minimum absolute atomic E-state index is 0.142. The van der Waals surface area contributed by atoms with Crippen molar-refractivity contribution in [1.82, 2.24) is 0 Å². The first-order valence-electron chi connectivity index (χ1n) is 35.5. The maximum absolute atomic E-state index is 14.3. The van der Waals surface area contributed by atoms with Crippen LogP contribution in [0, 0.1) is 20.8 Å². The van der Waals surface area contributed by atoms with Crippen LogP contribution >= 0.6 is 0 Å². The molecule has 0 heterocycles. The monoisotopic (exact) mass is 1320 g/mol. The summed E-state index contributed by atoms with van der Waals surface area (Å²) in [6.07, 6.45) is 3.08. The van der Waals surface area contributed by atoms with E-state index in [1.807, 2.05) is 54.6 Å². The molecular weight excluding hydrogens is 1200 g/mol. The minimum Gasteiger partial charge on any atom is -0.507 e. The fraction of sp³-hybridized carbons (Fsp3) is 0.557. The number of aromatic hydroxyl groups is 3. The molecule has 9 heteroatoms. The number of esters is 3. The first kappa shape index (κ1) is 79.1. The molecule has 6 rings (SSSR count). The number of phenolic OH excluding ortho intramolecular Hbond substituents is 3. The number of phenols is 3. The normalized spacial score (nSPS) is 13.3. The van der Waals surface area contributed by atoms with Gasteiger partial charge in [0.05, 0.1) is 0 Å². The van der Waals surface area contributed by atoms with Gasteiger partial charge in [0, 0.05) is 41.4 Å². The first-order valence-corrected chi connectivity index (χ1v) is 35.5. The van der Waals surface area contributed by atoms with Gasteiger partial charge < -0.3 is 29.5 Å². The number of carbonyl (C=O) groups excluding carboxylic acids is 3. The lowest BCUT2D eigenvalue weighted by molar-refractivity contribution is -0.135. The third-order valence-corrected chi connectivity index (χ3v) is 19.5. The Morgan fingerprint density at radius 1 is 0.278 bits per heavy atom. The van der Waals surface area contributed by atoms with Crippen molar-refractivity contribution in [3.8, 4) is 34.5 Å². The molecule has 0 aromatic heterocycles. The van der Waals surface area contributed by atoms with E-state index in [0.29, 0.717) is 66.6 Å². The van der Waals surface area contributed by atoms with E-state index in [-0.39, 0.29) is 69.7 Å². The van der Waals surface area contributed by atoms with Gasteiger partial charge in [-0.05, 0) is 203 Å². The summed E-state index contributed by atoms with van der Waals surface area (Å²) < 4.78 is 19.4. The largest absolute Gasteiger partial charge is 0.507 e. The molecule has 3 N–H and O–H groups in total. The number of ether oxygens (including phenoxy) is 3. The van der Waals surface area contributed by atoms with Gasteiger partial charge in [-0.15, -0.1) is 0 Å². The fourth-order valence-electron chi connectivity index (χ4n) is 13.6. The zero-order chi connectivity index (χ0) is 73.9. The molecule has 0 aliphatic heterocycles. The van der Waals surface area contributed by atoms with Gasteiger partial charge in [0.1, 0.15) is 34.5 Å². The SMILES string of the molecule is Cc1cc(OC(=O)CCc2cc(C(C)(C)C)c(O)c(C(C)(C)C)c2)c(C(C)(C)C)cc1CCC(C)(c1cc(C(C)(C)C)c(OC(=O)CCc2cc(C(C)(C)C)c(O)c(C(C)(C)C)c2)cc1C)c1cc(C(C)(C)C)c(OC(=O)CCc2cc(C(C)(C)C)c(O)c(C(C)(C)C)c2)cc1C. The molecule has 0 aliphatic carbocycles. The zero-order valence-electron chi connectivity index (χ0n) is 65.9. The van der Waals surface area contributed by atoms with Crippen LogP contribution in [0.2, 0.25) is 0 Å². The van der Waals surface area contributed by atoms with Crippen LogP contribution in [0.1, 0.15) is 320 Å². The summed E-state index contributed by atoms with van der Waals surface area (Å²) in [5, 5.41) is 34.4. The Morgan fingerprint density at radius 3 is 0.722 bits per heavy atom. The van der Waals surface area contributed by atoms with Gasteiger partial charge in [-0.2, -0.15) is 0 Å². The number of carbonyl (C=O) groups is 3. The van der Waals surface area contributed by atoms with E-state index < -0.39 is 21.7 Å². The first-order chi connectivity index (χ1) is 43.8. The summed E-state index contributed by atoms with van der Waals surface area (Å²) >= 11 is 0. The van der Waals surface area contributed by atoms with Crippen LogP contribution < -0.4 is 14.2 Å². The molecule has 530 valence electrons. The molecule has 9 nitrogen and oxygen atoms in total. The maximum Gasteiger partial charge on any atom is 0.311 e. The van der Waals surface area contributed by atoms with Gasteiger partial charge in [0.2, 0.25) is 0 Å². The Kier molecular flexibility index (Phi) is 22.9. The van der Waals surface area contributed by atoms with Crippen LogP contribution in [0.25, 0.3) is 0 Å². The summed E-state index contributed by atoms with van der Waals surface area (Å²) in [6.45, 7) is 65.7. The average molecular weight is 1330 g/mol. The van der Waals surface area contributed by atoms with E-state index in [1.165, 1.54) is 0 Å². The standard InChI is InChI=1S/C88H124O9/c1-52-40-70(95-73(89)35-32-55-43-64(82(13,14)15)76(92)65(44-55)83(16,17)18)61(79(4,5)6)49-58(52)38-39-88(31,59-50-62(80(7,8)9)71(41-53(59)2)96-74(90)36-33-56-45-66(84(19,20)21)77(93)67(46-56)85(22,23)24)60-51-63(81(10,11)12)72(42-54(60)3)97-75(91)37-34-57-47-68(86(25,26)27)78(94)69(48-57)87(28,29)30/h40-51,92-94H,32-39H2,1-31H3. The highest BCUT2D eigenvalue weighted by Crippen LogP contribution is 2.49. The molecule has 6 aromatic rings. The lowest BCUT2D eigenvalue weighted by atomic mass is 9.67. The quantitative estimate of drug-likeness (QED) is 0.0601. The summed E-state index contributed by atoms with van der Waals surface area (Å²) in [7, 11) is 0. The Morgan fingerprint density at radius 2 is 0.495 bits per heavy atom. The van der Waals surface area contributed by atoms with Gasteiger partial charge >= 0.3 is 17.9 Å². The molecule has 0 aliphatic rings. The Balaban J connectivity index is 1.45. The molecule has 0 bridgehead atoms. The number of hydrogen-bond donors (Lipinski definition) is 3. The molecule has 0 saturated heterocycles. The third kappa shape index (κ3) is 19.1. The smallest absolute Gasteiger partial charge is 0.311 e. The van der Waals surface area contributed by atoms with E-state index in [9.17, 15) is 29.7 Å². The molecule has 6 aromatic carbocycles. The molecule has 0 radical (unpaired) electrons. The maximum atomic E-state index is 14.3. The van der Waals surface area contributed by atoms with E-state index in [1.54, 1.807) is 0 Å². The average Bonchev–Trinajstić information content (AvgIpc) is 0.748. The van der Waals surface area contributed by atoms with E-state index in [4.69, 9.17) is 14.2 Å². The highest BCUT2D eigenvalue weighted by molar-refractivity contribution is 5.76. The Hall–Kier alpha value is -6.87. The molecular formula is C88H124O9. The third-order valence-electron chi connectivity index (χ3n) is 19.5. The van der Waals surface area contributed by atoms with Crippen molar-refractivity contribution in [3.05, 3.63) is 173 Å². The van der Waals surface area contributed by atoms with Crippen molar-refractivity contribution in [1.29, 1.82) is 0 Å². The number of hydrogen-bond acceptors (Lipinski definition) is 9. The van der Waals surface area contributed by atoms with Crippen LogP contribution in [0.5, 0.6) is 34.5 Å². The topological polar surface area (TPSA) is 140 Å². The second-order valence-corrected chi connectivity index (χ2v) is 37.7. The minimum atomic E-state index is -0.699. The lowest BCUT2D eigenvalue weighted by Crippen LogP contribution is -2.30. The molecule has 97 heavy (non-hydrogen) atoms. The number of rotatable bonds is 17. The molecule has 0 fully saturated rings. The Labute approximate surface area is 586 Å². The van der Waals surface area contributed by atoms with Gasteiger partial charge in [0.25, 0.3) is 0 Å². The van der Waals surface area contributed by atoms with Crippen LogP contribution in [0.4, 0.5) is 0 Å². The number of benzene rings is 6. The van der Waals surface area contributed by atoms with Crippen LogP contribution in [-0.4, -0.2) is 33.2 Å². The van der Waals surface area contributed by atoms with Crippen LogP contribution in [-0.2, 0) is 94.2 Å². The van der Waals surface area contributed by atoms with Crippen molar-refractivity contribution < 1.29 is 43.9 Å². The Bertz CT molecular complexity index is 3640. The predicted molar refractivity (Wildman–Crippen MR) is 403 cm³/mol. The highest BCUT2D eigenvalue weighted by atomic mass is 16.5. The summed E-state index contributed by atoms with van der Waals surface area (Å²) in [4.78, 5) is 42.8. The molecule has 0 amide bonds. The van der Waals surface area contributed by atoms with Crippen molar-refractivity contribution in [3.63, 3.8) is 0 Å². The summed E-state index contributed by atoms with van der Waals surface area (Å²) in [6, 6.07) is 25.1. The van der Waals surface area contributed by atoms with Gasteiger partial charge in [-0.25, -0.2) is 0 Å². The van der Waals surface area contributed by atoms with Gasteiger partial charge in [-0.3, -0.25) is 14.4 Å². The summed E-state index contributed by atoms with van der Waals surface area (Å²) in [5.74, 6) is 1.50. The van der Waals surface area contributed by atoms with E-state index >= 15 is 0 Å². The van der Waals surface area contributed by atoms with Crippen molar-refractivity contribution in [2.24, 2.45) is 0 Å². The highest BCUT2D eigenvalue weighted by Gasteiger charge is 2.38. The predicted octanol–water partition coefficient (Wildman–Crippen LogP) is 22.0. The van der Waals surface area contributed by atoms with E-state index in [0.717, 1.165) is 100 Å². The second kappa shape index (κ2) is 28.0. The van der Waals surface area contributed by atoms with Crippen LogP contribution in [0.15, 0.2) is 72.8 Å². The van der Waals surface area contributed by atoms with Gasteiger partial charge in [-0.1, -0.05) is 248 Å². The lowest BCUT2D eigenvalue weighted by Gasteiger charge is -2.37. The van der Waals surface area contributed by atoms with Crippen molar-refractivity contribution >= 4 is 17.9 Å². The molecule has 0 spiro atoms. The molecule has 0 atom stereocenters. The van der Waals surface area contributed by atoms with Crippen molar-refractivity contribution in [2.75, 3.05) is 0 Å².